The SMILES string of the molecule is CCOC(=O)c1cc(Cl)c(C)cc1[N+](=O)[O-]. The number of nitrogens with zero attached hydrogens (tertiary/aromatic N) is 1. The molecule has 0 atom stereocenters. The number of hydrogen-bond acceptors (Lipinski definition) is 4. The average molecular weight is 244 g/mol. The summed E-state index contributed by atoms with van der Waals surface area (Å²) >= 11 is 5.80. The first-order valence-corrected chi connectivity index (χ1v) is 4.96. The van der Waals surface area contributed by atoms with Crippen molar-refractivity contribution in [1.29, 1.82) is 0 Å². The van der Waals surface area contributed by atoms with Crippen molar-refractivity contribution in [2.75, 3.05) is 6.61 Å². The van der Waals surface area contributed by atoms with Crippen LogP contribution >= 0.6 is 11.6 Å². The molecule has 0 amide bonds. The molecule has 86 valence electrons. The fraction of sp³-hybridized carbons (Fsp3) is 0.300. The third-order valence-electron chi connectivity index (χ3n) is 1.97. The minimum Gasteiger partial charge on any atom is -0.462 e. The lowest BCUT2D eigenvalue weighted by Gasteiger charge is -2.05. The molecule has 1 rings (SSSR count). The number of carbonyl (C=O) groups is 1. The van der Waals surface area contributed by atoms with Crippen LogP contribution in [0.1, 0.15) is 22.8 Å². The number of nitro benzene ring substituents is 1. The second-order valence-corrected chi connectivity index (χ2v) is 3.50. The smallest absolute Gasteiger partial charge is 0.345 e. The number of nitro groups is 1. The molecule has 1 aromatic carbocycles. The molecule has 0 saturated heterocycles. The van der Waals surface area contributed by atoms with E-state index < -0.39 is 10.9 Å². The van der Waals surface area contributed by atoms with Crippen molar-refractivity contribution in [2.45, 2.75) is 13.8 Å². The van der Waals surface area contributed by atoms with Gasteiger partial charge in [0.25, 0.3) is 5.69 Å². The van der Waals surface area contributed by atoms with Gasteiger partial charge in [-0.1, -0.05) is 11.6 Å². The van der Waals surface area contributed by atoms with E-state index in [9.17, 15) is 14.9 Å². The summed E-state index contributed by atoms with van der Waals surface area (Å²) in [4.78, 5) is 21.6. The third kappa shape index (κ3) is 2.49. The first kappa shape index (κ1) is 12.4. The van der Waals surface area contributed by atoms with Crippen LogP contribution in [-0.4, -0.2) is 17.5 Å². The Morgan fingerprint density at radius 1 is 1.56 bits per heavy atom. The van der Waals surface area contributed by atoms with E-state index >= 15 is 0 Å². The number of carbonyl (C=O) groups excluding carboxylic acids is 1. The van der Waals surface area contributed by atoms with Gasteiger partial charge in [-0.15, -0.1) is 0 Å². The summed E-state index contributed by atoms with van der Waals surface area (Å²) in [6.07, 6.45) is 0. The Morgan fingerprint density at radius 2 is 2.19 bits per heavy atom. The largest absolute Gasteiger partial charge is 0.462 e. The van der Waals surface area contributed by atoms with E-state index in [1.165, 1.54) is 12.1 Å². The quantitative estimate of drug-likeness (QED) is 0.465. The Morgan fingerprint density at radius 3 is 2.69 bits per heavy atom. The van der Waals surface area contributed by atoms with Gasteiger partial charge in [0, 0.05) is 11.1 Å². The number of hydrogen-bond donors (Lipinski definition) is 0. The predicted octanol–water partition coefficient (Wildman–Crippen LogP) is 2.73. The highest BCUT2D eigenvalue weighted by atomic mass is 35.5. The molecule has 0 heterocycles. The normalized spacial score (nSPS) is 9.94. The second-order valence-electron chi connectivity index (χ2n) is 3.10. The highest BCUT2D eigenvalue weighted by Crippen LogP contribution is 2.27. The first-order chi connectivity index (χ1) is 7.47. The molecule has 0 aliphatic rings. The molecule has 0 radical (unpaired) electrons. The van der Waals surface area contributed by atoms with Crippen molar-refractivity contribution in [3.63, 3.8) is 0 Å². The Kier molecular flexibility index (Phi) is 3.84. The molecule has 0 spiro atoms. The number of aryl methyl sites for hydroxylation is 1. The Hall–Kier alpha value is -1.62. The zero-order valence-corrected chi connectivity index (χ0v) is 9.58. The van der Waals surface area contributed by atoms with E-state index in [-0.39, 0.29) is 17.9 Å². The molecule has 0 unspecified atom stereocenters. The molecule has 0 fully saturated rings. The fourth-order valence-corrected chi connectivity index (χ4v) is 1.35. The maximum absolute atomic E-state index is 11.4. The second kappa shape index (κ2) is 4.94. The number of esters is 1. The molecule has 0 aliphatic carbocycles. The summed E-state index contributed by atoms with van der Waals surface area (Å²) in [5.41, 5.74) is 0.129. The van der Waals surface area contributed by atoms with E-state index in [1.54, 1.807) is 13.8 Å². The van der Waals surface area contributed by atoms with Gasteiger partial charge < -0.3 is 4.74 Å². The van der Waals surface area contributed by atoms with Crippen LogP contribution in [0.5, 0.6) is 0 Å². The minimum absolute atomic E-state index is 0.123. The van der Waals surface area contributed by atoms with E-state index in [0.717, 1.165) is 0 Å². The average Bonchev–Trinajstić information content (AvgIpc) is 2.21. The van der Waals surface area contributed by atoms with Gasteiger partial charge in [0.2, 0.25) is 0 Å². The molecular formula is C10H10ClNO4. The van der Waals surface area contributed by atoms with Crippen LogP contribution in [0.3, 0.4) is 0 Å². The number of ether oxygens (including phenoxy) is 1. The lowest BCUT2D eigenvalue weighted by molar-refractivity contribution is -0.385. The van der Waals surface area contributed by atoms with Crippen LogP contribution in [0, 0.1) is 17.0 Å². The van der Waals surface area contributed by atoms with Gasteiger partial charge in [-0.05, 0) is 25.5 Å². The molecule has 0 aromatic heterocycles. The van der Waals surface area contributed by atoms with Gasteiger partial charge >= 0.3 is 5.97 Å². The van der Waals surface area contributed by atoms with E-state index in [1.807, 2.05) is 0 Å². The van der Waals surface area contributed by atoms with Crippen molar-refractivity contribution in [2.24, 2.45) is 0 Å². The molecule has 0 aliphatic heterocycles. The van der Waals surface area contributed by atoms with Crippen LogP contribution in [0.4, 0.5) is 5.69 Å². The maximum Gasteiger partial charge on any atom is 0.345 e. The summed E-state index contributed by atoms with van der Waals surface area (Å²) < 4.78 is 4.71. The van der Waals surface area contributed by atoms with Crippen LogP contribution < -0.4 is 0 Å². The summed E-state index contributed by atoms with van der Waals surface area (Å²) in [5.74, 6) is -0.740. The number of benzene rings is 1. The predicted molar refractivity (Wildman–Crippen MR) is 58.8 cm³/mol. The number of halogens is 1. The van der Waals surface area contributed by atoms with Gasteiger partial charge in [0.15, 0.2) is 0 Å². The fourth-order valence-electron chi connectivity index (χ4n) is 1.19. The van der Waals surface area contributed by atoms with E-state index in [0.29, 0.717) is 10.6 Å². The van der Waals surface area contributed by atoms with Crippen LogP contribution in [0.25, 0.3) is 0 Å². The third-order valence-corrected chi connectivity index (χ3v) is 2.38. The topological polar surface area (TPSA) is 69.4 Å². The molecule has 0 saturated carbocycles. The van der Waals surface area contributed by atoms with Crippen molar-refractivity contribution < 1.29 is 14.5 Å². The molecular weight excluding hydrogens is 234 g/mol. The van der Waals surface area contributed by atoms with Gasteiger partial charge in [0.05, 0.1) is 11.5 Å². The highest BCUT2D eigenvalue weighted by Gasteiger charge is 2.22. The zero-order valence-electron chi connectivity index (χ0n) is 8.82. The first-order valence-electron chi connectivity index (χ1n) is 4.59. The molecule has 16 heavy (non-hydrogen) atoms. The Labute approximate surface area is 97.1 Å². The van der Waals surface area contributed by atoms with Crippen LogP contribution in [0.2, 0.25) is 5.02 Å². The summed E-state index contributed by atoms with van der Waals surface area (Å²) in [5, 5.41) is 11.0. The summed E-state index contributed by atoms with van der Waals surface area (Å²) in [6, 6.07) is 2.52. The molecule has 1 aromatic rings. The Bertz CT molecular complexity index is 445. The molecule has 0 N–H and O–H groups in total. The lowest BCUT2D eigenvalue weighted by atomic mass is 10.1. The van der Waals surface area contributed by atoms with Crippen molar-refractivity contribution in [3.8, 4) is 0 Å². The molecule has 0 bridgehead atoms. The summed E-state index contributed by atoms with van der Waals surface area (Å²) in [7, 11) is 0. The minimum atomic E-state index is -0.740. The zero-order chi connectivity index (χ0) is 12.3. The molecule has 6 heteroatoms. The van der Waals surface area contributed by atoms with E-state index in [2.05, 4.69) is 0 Å². The van der Waals surface area contributed by atoms with Crippen molar-refractivity contribution >= 4 is 23.3 Å². The van der Waals surface area contributed by atoms with Gasteiger partial charge in [0.1, 0.15) is 5.56 Å². The van der Waals surface area contributed by atoms with Crippen molar-refractivity contribution in [3.05, 3.63) is 38.4 Å². The maximum atomic E-state index is 11.4. The van der Waals surface area contributed by atoms with Gasteiger partial charge in [-0.25, -0.2) is 4.79 Å². The van der Waals surface area contributed by atoms with Gasteiger partial charge in [-0.2, -0.15) is 0 Å². The number of rotatable bonds is 3. The van der Waals surface area contributed by atoms with Gasteiger partial charge in [-0.3, -0.25) is 10.1 Å². The Balaban J connectivity index is 3.30. The van der Waals surface area contributed by atoms with Crippen molar-refractivity contribution in [1.82, 2.24) is 0 Å². The summed E-state index contributed by atoms with van der Waals surface area (Å²) in [6.45, 7) is 3.41. The lowest BCUT2D eigenvalue weighted by Crippen LogP contribution is -2.08. The van der Waals surface area contributed by atoms with Crippen LogP contribution in [0.15, 0.2) is 12.1 Å². The standard InChI is InChI=1S/C10H10ClNO4/c1-3-16-10(13)7-5-8(11)6(2)4-9(7)12(14)15/h4-5H,3H2,1-2H3. The van der Waals surface area contributed by atoms with E-state index in [4.69, 9.17) is 16.3 Å². The highest BCUT2D eigenvalue weighted by molar-refractivity contribution is 6.31. The van der Waals surface area contributed by atoms with Crippen LogP contribution in [-0.2, 0) is 4.74 Å². The molecule has 5 nitrogen and oxygen atoms in total. The monoisotopic (exact) mass is 243 g/mol.